The van der Waals surface area contributed by atoms with Gasteiger partial charge in [-0.05, 0) is 42.0 Å². The minimum atomic E-state index is -3.68. The second-order valence-electron chi connectivity index (χ2n) is 7.40. The predicted molar refractivity (Wildman–Crippen MR) is 137 cm³/mol. The summed E-state index contributed by atoms with van der Waals surface area (Å²) >= 11 is 12.5. The maximum absolute atomic E-state index is 12.4. The molecule has 0 spiro atoms. The maximum Gasteiger partial charge on any atom is 0.240 e. The zero-order valence-electron chi connectivity index (χ0n) is 18.3. The van der Waals surface area contributed by atoms with E-state index in [-0.39, 0.29) is 29.5 Å². The third-order valence-corrected chi connectivity index (χ3v) is 7.14. The molecule has 4 aromatic rings. The number of benzene rings is 3. The number of hydrogen-bond acceptors (Lipinski definition) is 5. The Hall–Kier alpha value is -3.41. The molecule has 0 atom stereocenters. The Bertz CT molecular complexity index is 1490. The van der Waals surface area contributed by atoms with E-state index in [1.165, 1.54) is 12.1 Å². The molecule has 35 heavy (non-hydrogen) atoms. The SMILES string of the molecule is N#Cc1cc(-c2ccc(Cl)cc2)c(-c2ccccc2Cl)nc1OCCNS(=O)(=O)c1ccccc1. The molecule has 0 unspecified atom stereocenters. The minimum Gasteiger partial charge on any atom is -0.475 e. The molecule has 176 valence electrons. The van der Waals surface area contributed by atoms with Crippen molar-refractivity contribution < 1.29 is 13.2 Å². The standard InChI is InChI=1S/C26H19Cl2N3O3S/c27-20-12-10-18(11-13-20)23-16-19(17-29)26(31-25(23)22-8-4-5-9-24(22)28)34-15-14-30-35(32,33)21-6-2-1-3-7-21/h1-13,16,30H,14-15H2. The molecule has 0 saturated carbocycles. The molecule has 0 saturated heterocycles. The summed E-state index contributed by atoms with van der Waals surface area (Å²) in [4.78, 5) is 4.78. The van der Waals surface area contributed by atoms with E-state index in [2.05, 4.69) is 15.8 Å². The van der Waals surface area contributed by atoms with Crippen LogP contribution in [0.2, 0.25) is 10.0 Å². The average molecular weight is 524 g/mol. The number of pyridine rings is 1. The fourth-order valence-corrected chi connectivity index (χ4v) is 4.79. The summed E-state index contributed by atoms with van der Waals surface area (Å²) < 4.78 is 33.1. The van der Waals surface area contributed by atoms with Crippen LogP contribution >= 0.6 is 23.2 Å². The van der Waals surface area contributed by atoms with Crippen LogP contribution in [0.5, 0.6) is 5.88 Å². The zero-order valence-corrected chi connectivity index (χ0v) is 20.6. The smallest absolute Gasteiger partial charge is 0.240 e. The van der Waals surface area contributed by atoms with Crippen molar-refractivity contribution in [2.45, 2.75) is 4.90 Å². The molecular weight excluding hydrogens is 505 g/mol. The van der Waals surface area contributed by atoms with Gasteiger partial charge in [-0.1, -0.05) is 71.7 Å². The van der Waals surface area contributed by atoms with Crippen molar-refractivity contribution in [2.75, 3.05) is 13.2 Å². The number of ether oxygens (including phenoxy) is 1. The normalized spacial score (nSPS) is 11.1. The van der Waals surface area contributed by atoms with E-state index < -0.39 is 10.0 Å². The monoisotopic (exact) mass is 523 g/mol. The van der Waals surface area contributed by atoms with Crippen LogP contribution in [0.1, 0.15) is 5.56 Å². The van der Waals surface area contributed by atoms with E-state index in [9.17, 15) is 13.7 Å². The zero-order chi connectivity index (χ0) is 24.8. The fraction of sp³-hybridized carbons (Fsp3) is 0.0769. The third kappa shape index (κ3) is 5.81. The van der Waals surface area contributed by atoms with Gasteiger partial charge in [-0.15, -0.1) is 0 Å². The predicted octanol–water partition coefficient (Wildman–Crippen LogP) is 5.95. The Kier molecular flexibility index (Phi) is 7.69. The number of nitrogens with one attached hydrogen (secondary N) is 1. The van der Waals surface area contributed by atoms with Crippen LogP contribution in [0.3, 0.4) is 0 Å². The van der Waals surface area contributed by atoms with Gasteiger partial charge in [-0.3, -0.25) is 0 Å². The van der Waals surface area contributed by atoms with Crippen molar-refractivity contribution in [3.63, 3.8) is 0 Å². The highest BCUT2D eigenvalue weighted by molar-refractivity contribution is 7.89. The number of hydrogen-bond donors (Lipinski definition) is 1. The van der Waals surface area contributed by atoms with Crippen molar-refractivity contribution in [2.24, 2.45) is 0 Å². The lowest BCUT2D eigenvalue weighted by molar-refractivity contribution is 0.310. The molecule has 0 aliphatic rings. The van der Waals surface area contributed by atoms with Crippen LogP contribution in [-0.2, 0) is 10.0 Å². The number of rotatable bonds is 8. The van der Waals surface area contributed by atoms with Crippen LogP contribution < -0.4 is 9.46 Å². The van der Waals surface area contributed by atoms with Gasteiger partial charge in [-0.25, -0.2) is 18.1 Å². The second-order valence-corrected chi connectivity index (χ2v) is 10.0. The Labute approximate surface area is 213 Å². The van der Waals surface area contributed by atoms with E-state index in [0.717, 1.165) is 5.56 Å². The molecule has 1 N–H and O–H groups in total. The first-order chi connectivity index (χ1) is 16.9. The Morgan fingerprint density at radius 3 is 2.29 bits per heavy atom. The summed E-state index contributed by atoms with van der Waals surface area (Å²) in [7, 11) is -3.68. The van der Waals surface area contributed by atoms with E-state index in [0.29, 0.717) is 26.9 Å². The van der Waals surface area contributed by atoms with Crippen LogP contribution in [0.4, 0.5) is 0 Å². The first-order valence-corrected chi connectivity index (χ1v) is 12.8. The summed E-state index contributed by atoms with van der Waals surface area (Å²) in [5.74, 6) is 0.0824. The molecule has 6 nitrogen and oxygen atoms in total. The summed E-state index contributed by atoms with van der Waals surface area (Å²) in [5, 5.41) is 10.8. The first kappa shape index (κ1) is 24.7. The van der Waals surface area contributed by atoms with Gasteiger partial charge in [0.25, 0.3) is 0 Å². The molecule has 0 radical (unpaired) electrons. The lowest BCUT2D eigenvalue weighted by Crippen LogP contribution is -2.28. The summed E-state index contributed by atoms with van der Waals surface area (Å²) in [5.41, 5.74) is 2.88. The maximum atomic E-state index is 12.4. The van der Waals surface area contributed by atoms with E-state index >= 15 is 0 Å². The molecule has 0 amide bonds. The quantitative estimate of drug-likeness (QED) is 0.288. The molecule has 0 bridgehead atoms. The molecule has 1 aromatic heterocycles. The van der Waals surface area contributed by atoms with Crippen LogP contribution in [0.15, 0.2) is 89.8 Å². The van der Waals surface area contributed by atoms with Gasteiger partial charge in [0.1, 0.15) is 18.2 Å². The molecule has 3 aromatic carbocycles. The number of nitrogens with zero attached hydrogens (tertiary/aromatic N) is 2. The van der Waals surface area contributed by atoms with Crippen molar-refractivity contribution >= 4 is 33.2 Å². The van der Waals surface area contributed by atoms with E-state index in [4.69, 9.17) is 27.9 Å². The second kappa shape index (κ2) is 10.9. The number of aromatic nitrogens is 1. The van der Waals surface area contributed by atoms with Gasteiger partial charge in [-0.2, -0.15) is 5.26 Å². The molecule has 4 rings (SSSR count). The Balaban J connectivity index is 1.64. The highest BCUT2D eigenvalue weighted by Crippen LogP contribution is 2.37. The Morgan fingerprint density at radius 1 is 0.914 bits per heavy atom. The van der Waals surface area contributed by atoms with Gasteiger partial charge in [0.2, 0.25) is 15.9 Å². The minimum absolute atomic E-state index is 0.00978. The van der Waals surface area contributed by atoms with Gasteiger partial charge in [0, 0.05) is 27.7 Å². The molecular formula is C26H19Cl2N3O3S. The van der Waals surface area contributed by atoms with Crippen molar-refractivity contribution in [1.82, 2.24) is 9.71 Å². The van der Waals surface area contributed by atoms with Crippen molar-refractivity contribution in [1.29, 1.82) is 5.26 Å². The summed E-state index contributed by atoms with van der Waals surface area (Å²) in [6.45, 7) is -0.0415. The van der Waals surface area contributed by atoms with Crippen LogP contribution in [0.25, 0.3) is 22.4 Å². The van der Waals surface area contributed by atoms with Crippen LogP contribution in [0, 0.1) is 11.3 Å². The van der Waals surface area contributed by atoms with Crippen molar-refractivity contribution in [3.05, 3.63) is 101 Å². The highest BCUT2D eigenvalue weighted by Gasteiger charge is 2.18. The van der Waals surface area contributed by atoms with Gasteiger partial charge >= 0.3 is 0 Å². The summed E-state index contributed by atoms with van der Waals surface area (Å²) in [6, 6.07) is 26.2. The summed E-state index contributed by atoms with van der Waals surface area (Å²) in [6.07, 6.45) is 0. The third-order valence-electron chi connectivity index (χ3n) is 5.08. The fourth-order valence-electron chi connectivity index (χ4n) is 3.40. The molecule has 0 aliphatic heterocycles. The lowest BCUT2D eigenvalue weighted by Gasteiger charge is -2.15. The van der Waals surface area contributed by atoms with Gasteiger partial charge in [0.05, 0.1) is 10.6 Å². The molecule has 0 fully saturated rings. The molecule has 9 heteroatoms. The van der Waals surface area contributed by atoms with E-state index in [1.807, 2.05) is 30.3 Å². The number of halogens is 2. The van der Waals surface area contributed by atoms with Crippen LogP contribution in [-0.4, -0.2) is 26.6 Å². The van der Waals surface area contributed by atoms with Gasteiger partial charge < -0.3 is 4.74 Å². The van der Waals surface area contributed by atoms with Gasteiger partial charge in [0.15, 0.2) is 0 Å². The molecule has 1 heterocycles. The van der Waals surface area contributed by atoms with Crippen molar-refractivity contribution in [3.8, 4) is 34.3 Å². The number of nitriles is 1. The number of sulfonamides is 1. The Morgan fingerprint density at radius 2 is 1.60 bits per heavy atom. The lowest BCUT2D eigenvalue weighted by atomic mass is 9.98. The van der Waals surface area contributed by atoms with E-state index in [1.54, 1.807) is 42.5 Å². The topological polar surface area (TPSA) is 92.1 Å². The first-order valence-electron chi connectivity index (χ1n) is 10.5. The average Bonchev–Trinajstić information content (AvgIpc) is 2.88. The molecule has 0 aliphatic carbocycles. The highest BCUT2D eigenvalue weighted by atomic mass is 35.5. The largest absolute Gasteiger partial charge is 0.475 e.